The lowest BCUT2D eigenvalue weighted by molar-refractivity contribution is -0.139. The van der Waals surface area contributed by atoms with Crippen LogP contribution in [-0.4, -0.2) is 34.9 Å². The molecule has 2 amide bonds. The smallest absolute Gasteiger partial charge is 0.326 e. The number of benzene rings is 1. The summed E-state index contributed by atoms with van der Waals surface area (Å²) in [5.41, 5.74) is -0.411. The molecule has 0 aliphatic rings. The SMILES string of the molecule is O=C(Nc1cccc(F)c1F)NC(CCO)C(=O)O. The molecule has 0 spiro atoms. The third kappa shape index (κ3) is 4.18. The Morgan fingerprint density at radius 2 is 2.00 bits per heavy atom. The van der Waals surface area contributed by atoms with Crippen molar-refractivity contribution in [3.63, 3.8) is 0 Å². The van der Waals surface area contributed by atoms with Gasteiger partial charge in [0, 0.05) is 13.0 Å². The number of rotatable bonds is 5. The van der Waals surface area contributed by atoms with Crippen LogP contribution in [0.3, 0.4) is 0 Å². The van der Waals surface area contributed by atoms with Gasteiger partial charge in [0.15, 0.2) is 11.6 Å². The third-order valence-electron chi connectivity index (χ3n) is 2.22. The van der Waals surface area contributed by atoms with Crippen molar-refractivity contribution < 1.29 is 28.6 Å². The van der Waals surface area contributed by atoms with Crippen molar-refractivity contribution in [3.8, 4) is 0 Å². The molecular formula is C11H12F2N2O4. The number of hydrogen-bond acceptors (Lipinski definition) is 3. The molecule has 6 nitrogen and oxygen atoms in total. The van der Waals surface area contributed by atoms with Gasteiger partial charge in [0.2, 0.25) is 0 Å². The van der Waals surface area contributed by atoms with E-state index in [-0.39, 0.29) is 6.42 Å². The van der Waals surface area contributed by atoms with Crippen LogP contribution in [0.5, 0.6) is 0 Å². The zero-order chi connectivity index (χ0) is 14.4. The summed E-state index contributed by atoms with van der Waals surface area (Å²) < 4.78 is 26.1. The Morgan fingerprint density at radius 1 is 1.32 bits per heavy atom. The predicted octanol–water partition coefficient (Wildman–Crippen LogP) is 0.922. The number of anilines is 1. The minimum Gasteiger partial charge on any atom is -0.480 e. The minimum atomic E-state index is -1.34. The average molecular weight is 274 g/mol. The molecule has 0 saturated carbocycles. The van der Waals surface area contributed by atoms with Crippen molar-refractivity contribution in [1.82, 2.24) is 5.32 Å². The van der Waals surface area contributed by atoms with Gasteiger partial charge in [-0.3, -0.25) is 0 Å². The third-order valence-corrected chi connectivity index (χ3v) is 2.22. The Labute approximate surface area is 107 Å². The van der Waals surface area contributed by atoms with Crippen molar-refractivity contribution in [2.24, 2.45) is 0 Å². The van der Waals surface area contributed by atoms with Crippen LogP contribution in [0.15, 0.2) is 18.2 Å². The van der Waals surface area contributed by atoms with Crippen LogP contribution >= 0.6 is 0 Å². The van der Waals surface area contributed by atoms with Crippen molar-refractivity contribution >= 4 is 17.7 Å². The van der Waals surface area contributed by atoms with E-state index in [1.165, 1.54) is 6.07 Å². The maximum atomic E-state index is 13.2. The average Bonchev–Trinajstić information content (AvgIpc) is 2.34. The molecule has 1 atom stereocenters. The van der Waals surface area contributed by atoms with Gasteiger partial charge in [-0.2, -0.15) is 0 Å². The van der Waals surface area contributed by atoms with E-state index in [4.69, 9.17) is 10.2 Å². The molecule has 0 fully saturated rings. The molecule has 1 aromatic carbocycles. The van der Waals surface area contributed by atoms with Gasteiger partial charge in [-0.05, 0) is 12.1 Å². The highest BCUT2D eigenvalue weighted by Crippen LogP contribution is 2.16. The van der Waals surface area contributed by atoms with E-state index in [1.807, 2.05) is 10.6 Å². The van der Waals surface area contributed by atoms with Crippen LogP contribution in [-0.2, 0) is 4.79 Å². The van der Waals surface area contributed by atoms with Crippen LogP contribution in [0, 0.1) is 11.6 Å². The first kappa shape index (κ1) is 14.8. The number of carboxylic acid groups (broad SMARTS) is 1. The second-order valence-electron chi connectivity index (χ2n) is 3.60. The minimum absolute atomic E-state index is 0.200. The fourth-order valence-electron chi connectivity index (χ4n) is 1.30. The van der Waals surface area contributed by atoms with Gasteiger partial charge < -0.3 is 20.8 Å². The summed E-state index contributed by atoms with van der Waals surface area (Å²) in [5.74, 6) is -3.72. The Hall–Kier alpha value is -2.22. The number of carbonyl (C=O) groups is 2. The number of urea groups is 1. The highest BCUT2D eigenvalue weighted by molar-refractivity contribution is 5.92. The first-order valence-corrected chi connectivity index (χ1v) is 5.31. The molecule has 1 unspecified atom stereocenters. The molecule has 1 rings (SSSR count). The number of hydrogen-bond donors (Lipinski definition) is 4. The molecule has 0 heterocycles. The molecule has 0 saturated heterocycles. The van der Waals surface area contributed by atoms with E-state index in [0.29, 0.717) is 0 Å². The highest BCUT2D eigenvalue weighted by atomic mass is 19.2. The lowest BCUT2D eigenvalue weighted by Crippen LogP contribution is -2.43. The number of halogens is 2. The summed E-state index contributed by atoms with van der Waals surface area (Å²) in [4.78, 5) is 22.1. The number of carboxylic acids is 1. The Morgan fingerprint density at radius 3 is 2.58 bits per heavy atom. The van der Waals surface area contributed by atoms with Crippen LogP contribution < -0.4 is 10.6 Å². The number of aliphatic hydroxyl groups excluding tert-OH is 1. The topological polar surface area (TPSA) is 98.7 Å². The maximum absolute atomic E-state index is 13.2. The van der Waals surface area contributed by atoms with Crippen molar-refractivity contribution in [2.45, 2.75) is 12.5 Å². The normalized spacial score (nSPS) is 11.7. The lowest BCUT2D eigenvalue weighted by Gasteiger charge is -2.14. The summed E-state index contributed by atoms with van der Waals surface area (Å²) in [6, 6.07) is 0.868. The Kier molecular flexibility index (Phi) is 5.19. The summed E-state index contributed by atoms with van der Waals surface area (Å²) >= 11 is 0. The monoisotopic (exact) mass is 274 g/mol. The number of carbonyl (C=O) groups excluding carboxylic acids is 1. The predicted molar refractivity (Wildman–Crippen MR) is 61.6 cm³/mol. The molecule has 0 aliphatic carbocycles. The summed E-state index contributed by atoms with van der Waals surface area (Å²) in [5, 5.41) is 21.4. The zero-order valence-corrected chi connectivity index (χ0v) is 9.69. The molecule has 1 aromatic rings. The molecule has 0 aliphatic heterocycles. The van der Waals surface area contributed by atoms with E-state index in [9.17, 15) is 18.4 Å². The highest BCUT2D eigenvalue weighted by Gasteiger charge is 2.20. The second kappa shape index (κ2) is 6.64. The molecule has 4 N–H and O–H groups in total. The van der Waals surface area contributed by atoms with E-state index in [2.05, 4.69) is 0 Å². The summed E-state index contributed by atoms with van der Waals surface area (Å²) in [6.07, 6.45) is -0.200. The van der Waals surface area contributed by atoms with Crippen LogP contribution in [0.25, 0.3) is 0 Å². The van der Waals surface area contributed by atoms with Gasteiger partial charge in [0.1, 0.15) is 6.04 Å². The second-order valence-corrected chi connectivity index (χ2v) is 3.60. The van der Waals surface area contributed by atoms with Crippen LogP contribution in [0.1, 0.15) is 6.42 Å². The van der Waals surface area contributed by atoms with Crippen LogP contribution in [0.4, 0.5) is 19.3 Å². The number of nitrogens with one attached hydrogen (secondary N) is 2. The summed E-state index contributed by atoms with van der Waals surface area (Å²) in [6.45, 7) is -0.439. The van der Waals surface area contributed by atoms with E-state index in [0.717, 1.165) is 12.1 Å². The Bertz CT molecular complexity index is 482. The van der Waals surface area contributed by atoms with E-state index >= 15 is 0 Å². The van der Waals surface area contributed by atoms with Gasteiger partial charge >= 0.3 is 12.0 Å². The number of aliphatic carboxylic acids is 1. The Balaban J connectivity index is 2.69. The number of amides is 2. The first-order valence-electron chi connectivity index (χ1n) is 5.31. The van der Waals surface area contributed by atoms with Gasteiger partial charge in [-0.1, -0.05) is 6.07 Å². The molecule has 0 radical (unpaired) electrons. The standard InChI is InChI=1S/C11H12F2N2O4/c12-6-2-1-3-7(9(6)13)14-11(19)15-8(4-5-16)10(17)18/h1-3,8,16H,4-5H2,(H,17,18)(H2,14,15,19). The zero-order valence-electron chi connectivity index (χ0n) is 9.69. The fraction of sp³-hybridized carbons (Fsp3) is 0.273. The quantitative estimate of drug-likeness (QED) is 0.641. The number of aliphatic hydroxyl groups is 1. The summed E-state index contributed by atoms with van der Waals surface area (Å²) in [7, 11) is 0. The van der Waals surface area contributed by atoms with Crippen molar-refractivity contribution in [2.75, 3.05) is 11.9 Å². The first-order chi connectivity index (χ1) is 8.95. The van der Waals surface area contributed by atoms with Gasteiger partial charge in [0.25, 0.3) is 0 Å². The van der Waals surface area contributed by atoms with Crippen LogP contribution in [0.2, 0.25) is 0 Å². The molecule has 0 aromatic heterocycles. The van der Waals surface area contributed by atoms with E-state index < -0.39 is 42.0 Å². The molecular weight excluding hydrogens is 262 g/mol. The molecule has 104 valence electrons. The van der Waals surface area contributed by atoms with Crippen molar-refractivity contribution in [3.05, 3.63) is 29.8 Å². The van der Waals surface area contributed by atoms with Crippen molar-refractivity contribution in [1.29, 1.82) is 0 Å². The lowest BCUT2D eigenvalue weighted by atomic mass is 10.2. The fourth-order valence-corrected chi connectivity index (χ4v) is 1.30. The van der Waals surface area contributed by atoms with Gasteiger partial charge in [0.05, 0.1) is 5.69 Å². The van der Waals surface area contributed by atoms with Gasteiger partial charge in [-0.15, -0.1) is 0 Å². The molecule has 19 heavy (non-hydrogen) atoms. The molecule has 8 heteroatoms. The maximum Gasteiger partial charge on any atom is 0.326 e. The van der Waals surface area contributed by atoms with Gasteiger partial charge in [-0.25, -0.2) is 18.4 Å². The van der Waals surface area contributed by atoms with E-state index in [1.54, 1.807) is 0 Å². The largest absolute Gasteiger partial charge is 0.480 e. The molecule has 0 bridgehead atoms.